The van der Waals surface area contributed by atoms with Gasteiger partial charge in [0.2, 0.25) is 0 Å². The summed E-state index contributed by atoms with van der Waals surface area (Å²) in [6.45, 7) is 24.6. The van der Waals surface area contributed by atoms with Crippen molar-refractivity contribution in [3.8, 4) is 11.5 Å². The van der Waals surface area contributed by atoms with Crippen molar-refractivity contribution < 1.29 is 9.47 Å². The van der Waals surface area contributed by atoms with Gasteiger partial charge in [-0.15, -0.1) is 0 Å². The van der Waals surface area contributed by atoms with Crippen molar-refractivity contribution in [3.63, 3.8) is 0 Å². The molecule has 2 rings (SSSR count). The first-order chi connectivity index (χ1) is 17.1. The fourth-order valence-corrected chi connectivity index (χ4v) is 2.79. The zero-order valence-corrected chi connectivity index (χ0v) is 25.8. The SMILES string of the molecule is CC.CC.CC(C)C.CNC(C)COc1ccc(Cc2ccc(OCC(C)N(C)C(C)C)cc2)cc1. The highest BCUT2D eigenvalue weighted by Crippen LogP contribution is 2.18. The average molecular weight is 503 g/mol. The molecule has 0 fully saturated rings. The Morgan fingerprint density at radius 3 is 1.36 bits per heavy atom. The molecular formula is C32H58N2O2. The van der Waals surface area contributed by atoms with Gasteiger partial charge < -0.3 is 14.8 Å². The van der Waals surface area contributed by atoms with Crippen molar-refractivity contribution >= 4 is 0 Å². The van der Waals surface area contributed by atoms with Crippen LogP contribution in [0.3, 0.4) is 0 Å². The molecule has 0 radical (unpaired) electrons. The molecule has 0 amide bonds. The van der Waals surface area contributed by atoms with E-state index < -0.39 is 0 Å². The summed E-state index contributed by atoms with van der Waals surface area (Å²) in [7, 11) is 4.08. The number of nitrogens with zero attached hydrogens (tertiary/aromatic N) is 1. The van der Waals surface area contributed by atoms with E-state index >= 15 is 0 Å². The number of likely N-dealkylation sites (N-methyl/N-ethyl adjacent to an activating group) is 2. The molecule has 0 aliphatic rings. The molecule has 0 bridgehead atoms. The van der Waals surface area contributed by atoms with Crippen LogP contribution in [0.4, 0.5) is 0 Å². The quantitative estimate of drug-likeness (QED) is 0.337. The second-order valence-corrected chi connectivity index (χ2v) is 9.62. The van der Waals surface area contributed by atoms with Crippen LogP contribution < -0.4 is 14.8 Å². The normalized spacial score (nSPS) is 11.9. The van der Waals surface area contributed by atoms with Crippen molar-refractivity contribution in [3.05, 3.63) is 59.7 Å². The van der Waals surface area contributed by atoms with E-state index in [-0.39, 0.29) is 0 Å². The number of benzene rings is 2. The van der Waals surface area contributed by atoms with Gasteiger partial charge >= 0.3 is 0 Å². The van der Waals surface area contributed by atoms with Gasteiger partial charge in [-0.3, -0.25) is 4.90 Å². The van der Waals surface area contributed by atoms with Gasteiger partial charge in [0.05, 0.1) is 0 Å². The number of ether oxygens (including phenoxy) is 2. The van der Waals surface area contributed by atoms with Gasteiger partial charge in [-0.05, 0) is 89.5 Å². The van der Waals surface area contributed by atoms with E-state index in [1.165, 1.54) is 11.1 Å². The molecule has 4 heteroatoms. The van der Waals surface area contributed by atoms with E-state index in [9.17, 15) is 0 Å². The number of nitrogens with one attached hydrogen (secondary N) is 1. The van der Waals surface area contributed by atoms with E-state index in [1.807, 2.05) is 46.9 Å². The summed E-state index contributed by atoms with van der Waals surface area (Å²) in [5.74, 6) is 2.67. The summed E-state index contributed by atoms with van der Waals surface area (Å²) in [6, 6.07) is 18.0. The zero-order valence-electron chi connectivity index (χ0n) is 25.8. The molecule has 2 atom stereocenters. The molecule has 36 heavy (non-hydrogen) atoms. The van der Waals surface area contributed by atoms with E-state index in [4.69, 9.17) is 9.47 Å². The third-order valence-electron chi connectivity index (χ3n) is 5.25. The van der Waals surface area contributed by atoms with Crippen molar-refractivity contribution in [2.75, 3.05) is 27.3 Å². The molecule has 0 spiro atoms. The molecule has 2 aromatic carbocycles. The van der Waals surface area contributed by atoms with Crippen molar-refractivity contribution in [1.29, 1.82) is 0 Å². The van der Waals surface area contributed by atoms with Gasteiger partial charge in [-0.1, -0.05) is 72.7 Å². The summed E-state index contributed by atoms with van der Waals surface area (Å²) < 4.78 is 11.7. The van der Waals surface area contributed by atoms with Crippen LogP contribution >= 0.6 is 0 Å². The largest absolute Gasteiger partial charge is 0.492 e. The fourth-order valence-electron chi connectivity index (χ4n) is 2.79. The first kappa shape index (κ1) is 36.1. The standard InChI is InChI=1S/C24H36N2O2.C4H10.2C2H6/c1-18(2)26(6)20(4)17-28-24-13-9-22(10-14-24)15-21-7-11-23(12-8-21)27-16-19(3)25-5;1-4(2)3;2*1-2/h7-14,18-20,25H,15-17H2,1-6H3;4H,1-3H3;2*1-2H3. The smallest absolute Gasteiger partial charge is 0.119 e. The summed E-state index contributed by atoms with van der Waals surface area (Å²) in [4.78, 5) is 2.32. The Balaban J connectivity index is 0. The maximum Gasteiger partial charge on any atom is 0.119 e. The lowest BCUT2D eigenvalue weighted by atomic mass is 10.0. The highest BCUT2D eigenvalue weighted by atomic mass is 16.5. The first-order valence-corrected chi connectivity index (χ1v) is 13.9. The van der Waals surface area contributed by atoms with E-state index in [2.05, 4.69) is 102 Å². The predicted octanol–water partition coefficient (Wildman–Crippen LogP) is 8.09. The Bertz CT molecular complexity index is 724. The fraction of sp³-hybridized carbons (Fsp3) is 0.625. The van der Waals surface area contributed by atoms with Gasteiger partial charge in [0, 0.05) is 18.1 Å². The summed E-state index contributed by atoms with van der Waals surface area (Å²) in [6.07, 6.45) is 0.903. The van der Waals surface area contributed by atoms with Gasteiger partial charge in [0.15, 0.2) is 0 Å². The van der Waals surface area contributed by atoms with Crippen LogP contribution in [0.25, 0.3) is 0 Å². The maximum absolute atomic E-state index is 5.95. The lowest BCUT2D eigenvalue weighted by Gasteiger charge is -2.28. The minimum atomic E-state index is 0.342. The van der Waals surface area contributed by atoms with Gasteiger partial charge in [0.25, 0.3) is 0 Å². The van der Waals surface area contributed by atoms with Crippen LogP contribution in [0.5, 0.6) is 11.5 Å². The highest BCUT2D eigenvalue weighted by molar-refractivity contribution is 5.34. The Morgan fingerprint density at radius 2 is 1.03 bits per heavy atom. The number of hydrogen-bond acceptors (Lipinski definition) is 4. The van der Waals surface area contributed by atoms with Gasteiger partial charge in [-0.25, -0.2) is 0 Å². The molecular weight excluding hydrogens is 444 g/mol. The minimum absolute atomic E-state index is 0.342. The molecule has 0 aliphatic heterocycles. The molecule has 0 aromatic heterocycles. The van der Waals surface area contributed by atoms with Gasteiger partial charge in [0.1, 0.15) is 24.7 Å². The highest BCUT2D eigenvalue weighted by Gasteiger charge is 2.12. The molecule has 208 valence electrons. The third kappa shape index (κ3) is 17.4. The van der Waals surface area contributed by atoms with E-state index in [0.717, 1.165) is 23.8 Å². The monoisotopic (exact) mass is 502 g/mol. The second kappa shape index (κ2) is 22.2. The van der Waals surface area contributed by atoms with Crippen LogP contribution in [0.1, 0.15) is 87.3 Å². The Labute approximate surface area is 224 Å². The Hall–Kier alpha value is -2.04. The maximum atomic E-state index is 5.95. The molecule has 0 aliphatic carbocycles. The van der Waals surface area contributed by atoms with E-state index in [0.29, 0.717) is 31.3 Å². The lowest BCUT2D eigenvalue weighted by Crippen LogP contribution is -2.38. The van der Waals surface area contributed by atoms with Crippen molar-refractivity contribution in [1.82, 2.24) is 10.2 Å². The van der Waals surface area contributed by atoms with E-state index in [1.54, 1.807) is 0 Å². The van der Waals surface area contributed by atoms with Crippen molar-refractivity contribution in [2.45, 2.75) is 101 Å². The zero-order chi connectivity index (χ0) is 28.1. The summed E-state index contributed by atoms with van der Waals surface area (Å²) in [5.41, 5.74) is 2.55. The predicted molar refractivity (Wildman–Crippen MR) is 161 cm³/mol. The molecule has 0 heterocycles. The molecule has 0 saturated carbocycles. The minimum Gasteiger partial charge on any atom is -0.492 e. The average Bonchev–Trinajstić information content (AvgIpc) is 2.89. The second-order valence-electron chi connectivity index (χ2n) is 9.62. The first-order valence-electron chi connectivity index (χ1n) is 13.9. The summed E-state index contributed by atoms with van der Waals surface area (Å²) in [5, 5.41) is 3.17. The van der Waals surface area contributed by atoms with Crippen LogP contribution in [-0.4, -0.2) is 50.3 Å². The van der Waals surface area contributed by atoms with Crippen LogP contribution in [-0.2, 0) is 6.42 Å². The van der Waals surface area contributed by atoms with Gasteiger partial charge in [-0.2, -0.15) is 0 Å². The van der Waals surface area contributed by atoms with Crippen molar-refractivity contribution in [2.24, 2.45) is 5.92 Å². The molecule has 4 nitrogen and oxygen atoms in total. The van der Waals surface area contributed by atoms with Crippen LogP contribution in [0.2, 0.25) is 0 Å². The van der Waals surface area contributed by atoms with Crippen LogP contribution in [0, 0.1) is 5.92 Å². The summed E-state index contributed by atoms with van der Waals surface area (Å²) >= 11 is 0. The molecule has 1 N–H and O–H groups in total. The lowest BCUT2D eigenvalue weighted by molar-refractivity contribution is 0.145. The Morgan fingerprint density at radius 1 is 0.667 bits per heavy atom. The Kier molecular flexibility index (Phi) is 22.3. The molecule has 2 aromatic rings. The molecule has 0 saturated heterocycles. The number of hydrogen-bond donors (Lipinski definition) is 1. The number of rotatable bonds is 11. The van der Waals surface area contributed by atoms with Crippen LogP contribution in [0.15, 0.2) is 48.5 Å². The molecule has 2 unspecified atom stereocenters. The third-order valence-corrected chi connectivity index (χ3v) is 5.25. The topological polar surface area (TPSA) is 33.7 Å².